The van der Waals surface area contributed by atoms with E-state index in [0.717, 1.165) is 17.7 Å². The highest BCUT2D eigenvalue weighted by atomic mass is 32.2. The van der Waals surface area contributed by atoms with Gasteiger partial charge < -0.3 is 21.4 Å². The van der Waals surface area contributed by atoms with Gasteiger partial charge in [-0.15, -0.1) is 18.1 Å². The van der Waals surface area contributed by atoms with Crippen molar-refractivity contribution in [1.82, 2.24) is 20.2 Å². The minimum Gasteiger partial charge on any atom is -0.472 e. The van der Waals surface area contributed by atoms with Crippen LogP contribution >= 0.6 is 11.8 Å². The van der Waals surface area contributed by atoms with Crippen LogP contribution in [-0.4, -0.2) is 59.3 Å². The number of thioether (sulfide) groups is 1. The number of anilines is 1. The first-order valence-electron chi connectivity index (χ1n) is 10.5. The number of benzene rings is 1. The van der Waals surface area contributed by atoms with Crippen molar-refractivity contribution in [1.29, 1.82) is 0 Å². The van der Waals surface area contributed by atoms with Crippen molar-refractivity contribution in [2.45, 2.75) is 25.1 Å². The molecule has 0 aliphatic heterocycles. The lowest BCUT2D eigenvalue weighted by atomic mass is 10.2. The maximum atomic E-state index is 12.8. The van der Waals surface area contributed by atoms with E-state index in [1.54, 1.807) is 6.92 Å². The second-order valence-electron chi connectivity index (χ2n) is 6.91. The summed E-state index contributed by atoms with van der Waals surface area (Å²) in [6.45, 7) is 2.40. The number of carbonyl (C=O) groups is 2. The van der Waals surface area contributed by atoms with Crippen LogP contribution in [0.4, 0.5) is 5.82 Å². The minimum absolute atomic E-state index is 0.0840. The number of hydrogen-bond acceptors (Lipinski definition) is 7. The summed E-state index contributed by atoms with van der Waals surface area (Å²) in [5.74, 6) is 0.645. The third-order valence-corrected chi connectivity index (χ3v) is 5.56. The summed E-state index contributed by atoms with van der Waals surface area (Å²) >= 11 is 1.49. The van der Waals surface area contributed by atoms with Crippen molar-refractivity contribution in [3.63, 3.8) is 0 Å². The second kappa shape index (κ2) is 14.6. The fourth-order valence-corrected chi connectivity index (χ4v) is 3.76. The molecular formula is C22H28N7O3S-. The van der Waals surface area contributed by atoms with E-state index in [2.05, 4.69) is 25.9 Å². The van der Waals surface area contributed by atoms with Crippen molar-refractivity contribution < 1.29 is 9.59 Å². The average Bonchev–Trinajstić information content (AvgIpc) is 2.83. The number of nitrogens with zero attached hydrogens (tertiary/aromatic N) is 4. The van der Waals surface area contributed by atoms with Crippen LogP contribution in [0.15, 0.2) is 52.5 Å². The van der Waals surface area contributed by atoms with Gasteiger partial charge in [-0.05, 0) is 12.0 Å². The second-order valence-corrected chi connectivity index (χ2v) is 7.89. The van der Waals surface area contributed by atoms with E-state index in [4.69, 9.17) is 5.41 Å². The van der Waals surface area contributed by atoms with E-state index in [1.165, 1.54) is 35.1 Å². The Hall–Kier alpha value is -3.47. The third-order valence-electron chi connectivity index (χ3n) is 4.50. The summed E-state index contributed by atoms with van der Waals surface area (Å²) in [5, 5.41) is 16.4. The SMILES string of the molecule is CCC(C(=O)NCC(=O)CSCc1ccccc1)n1ccnc(NCCN=CNC=[N-])c1=O. The largest absolute Gasteiger partial charge is 0.472 e. The van der Waals surface area contributed by atoms with Crippen LogP contribution in [-0.2, 0) is 15.3 Å². The van der Waals surface area contributed by atoms with E-state index in [-0.39, 0.29) is 18.1 Å². The fraction of sp³-hybridized carbons (Fsp3) is 0.364. The quantitative estimate of drug-likeness (QED) is 0.203. The van der Waals surface area contributed by atoms with Gasteiger partial charge in [0.25, 0.3) is 5.56 Å². The zero-order chi connectivity index (χ0) is 23.9. The molecule has 0 aliphatic rings. The molecule has 2 aromatic rings. The molecule has 33 heavy (non-hydrogen) atoms. The van der Waals surface area contributed by atoms with Crippen molar-refractivity contribution in [3.05, 3.63) is 64.1 Å². The van der Waals surface area contributed by atoms with Crippen molar-refractivity contribution in [3.8, 4) is 0 Å². The van der Waals surface area contributed by atoms with Crippen LogP contribution < -0.4 is 21.5 Å². The van der Waals surface area contributed by atoms with Crippen molar-refractivity contribution in [2.24, 2.45) is 4.99 Å². The van der Waals surface area contributed by atoms with Crippen LogP contribution in [0.3, 0.4) is 0 Å². The molecule has 1 heterocycles. The molecule has 1 aromatic heterocycles. The Balaban J connectivity index is 1.86. The molecule has 0 saturated heterocycles. The highest BCUT2D eigenvalue weighted by molar-refractivity contribution is 7.99. The number of rotatable bonds is 15. The molecule has 1 atom stereocenters. The number of Topliss-reactive ketones (excluding diaryl/α,β-unsaturated/α-hetero) is 1. The topological polar surface area (TPSA) is 140 Å². The molecule has 1 unspecified atom stereocenters. The molecule has 2 rings (SSSR count). The molecule has 11 heteroatoms. The van der Waals surface area contributed by atoms with Gasteiger partial charge in [-0.2, -0.15) is 0 Å². The lowest BCUT2D eigenvalue weighted by Crippen LogP contribution is -2.40. The smallest absolute Gasteiger partial charge is 0.294 e. The Bertz CT molecular complexity index is 995. The van der Waals surface area contributed by atoms with Gasteiger partial charge in [0.2, 0.25) is 5.91 Å². The third kappa shape index (κ3) is 8.89. The zero-order valence-corrected chi connectivity index (χ0v) is 19.3. The van der Waals surface area contributed by atoms with E-state index in [9.17, 15) is 14.4 Å². The molecule has 0 aliphatic carbocycles. The normalized spacial score (nSPS) is 11.7. The maximum absolute atomic E-state index is 12.8. The molecule has 0 bridgehead atoms. The van der Waals surface area contributed by atoms with Gasteiger partial charge in [0.1, 0.15) is 6.04 Å². The number of hydrogen-bond donors (Lipinski definition) is 3. The highest BCUT2D eigenvalue weighted by Gasteiger charge is 2.21. The Morgan fingerprint density at radius 1 is 1.30 bits per heavy atom. The predicted molar refractivity (Wildman–Crippen MR) is 133 cm³/mol. The Morgan fingerprint density at radius 3 is 2.82 bits per heavy atom. The predicted octanol–water partition coefficient (Wildman–Crippen LogP) is 1.44. The summed E-state index contributed by atoms with van der Waals surface area (Å²) in [7, 11) is 0. The number of amides is 1. The Labute approximate surface area is 196 Å². The summed E-state index contributed by atoms with van der Waals surface area (Å²) in [6.07, 6.45) is 5.34. The number of carbonyl (C=O) groups excluding carboxylic acids is 2. The molecule has 176 valence electrons. The fourth-order valence-electron chi connectivity index (χ4n) is 2.90. The van der Waals surface area contributed by atoms with Crippen LogP contribution in [0.2, 0.25) is 0 Å². The minimum atomic E-state index is -0.756. The molecule has 0 fully saturated rings. The number of aromatic nitrogens is 2. The summed E-state index contributed by atoms with van der Waals surface area (Å²) in [5.41, 5.74) is 0.703. The summed E-state index contributed by atoms with van der Waals surface area (Å²) in [6, 6.07) is 9.09. The van der Waals surface area contributed by atoms with Gasteiger partial charge in [0, 0.05) is 31.0 Å². The maximum Gasteiger partial charge on any atom is 0.294 e. The molecule has 10 nitrogen and oxygen atoms in total. The number of ketones is 1. The lowest BCUT2D eigenvalue weighted by Gasteiger charge is -2.18. The average molecular weight is 471 g/mol. The first-order valence-corrected chi connectivity index (χ1v) is 11.6. The molecule has 0 spiro atoms. The van der Waals surface area contributed by atoms with Crippen LogP contribution in [0.5, 0.6) is 0 Å². The van der Waals surface area contributed by atoms with E-state index in [0.29, 0.717) is 25.3 Å². The van der Waals surface area contributed by atoms with Gasteiger partial charge in [0.05, 0.1) is 18.8 Å². The zero-order valence-electron chi connectivity index (χ0n) is 18.4. The molecule has 1 amide bonds. The van der Waals surface area contributed by atoms with E-state index in [1.807, 2.05) is 30.3 Å². The van der Waals surface area contributed by atoms with Crippen LogP contribution in [0.1, 0.15) is 24.9 Å². The van der Waals surface area contributed by atoms with Crippen molar-refractivity contribution >= 4 is 41.9 Å². The van der Waals surface area contributed by atoms with E-state index < -0.39 is 17.5 Å². The summed E-state index contributed by atoms with van der Waals surface area (Å²) in [4.78, 5) is 45.6. The lowest BCUT2D eigenvalue weighted by molar-refractivity contribution is -0.127. The van der Waals surface area contributed by atoms with Gasteiger partial charge in [-0.1, -0.05) is 37.3 Å². The molecule has 0 saturated carbocycles. The highest BCUT2D eigenvalue weighted by Crippen LogP contribution is 2.12. The molecule has 0 radical (unpaired) electrons. The summed E-state index contributed by atoms with van der Waals surface area (Å²) < 4.78 is 1.31. The van der Waals surface area contributed by atoms with Gasteiger partial charge in [-0.25, -0.2) is 4.98 Å². The molecule has 3 N–H and O–H groups in total. The molecular weight excluding hydrogens is 442 g/mol. The van der Waals surface area contributed by atoms with Gasteiger partial charge in [-0.3, -0.25) is 23.9 Å². The Morgan fingerprint density at radius 2 is 2.09 bits per heavy atom. The van der Waals surface area contributed by atoms with Gasteiger partial charge >= 0.3 is 0 Å². The number of aliphatic imine (C=N–C) groups is 1. The Kier molecular flexibility index (Phi) is 11.4. The van der Waals surface area contributed by atoms with Crippen LogP contribution in [0, 0.1) is 0 Å². The first-order chi connectivity index (χ1) is 16.1. The van der Waals surface area contributed by atoms with Crippen LogP contribution in [0.25, 0.3) is 5.41 Å². The number of nitrogens with one attached hydrogen (secondary N) is 3. The monoisotopic (exact) mass is 470 g/mol. The van der Waals surface area contributed by atoms with Gasteiger partial charge in [0.15, 0.2) is 11.6 Å². The standard InChI is InChI=1S/C22H28N7O3S/c1-2-19(21(31)28-12-18(30)14-33-13-17-6-4-3-5-7-17)29-11-10-27-20(22(29)32)26-9-8-24-16-25-15-23/h3-7,10-11,15-16,19H,2,8-9,12-14H2,1H3,(H3-,23,24,25,26,27,28,31)/q-1. The van der Waals surface area contributed by atoms with Crippen molar-refractivity contribution in [2.75, 3.05) is 30.7 Å². The van der Waals surface area contributed by atoms with E-state index >= 15 is 0 Å². The molecule has 1 aromatic carbocycles. The first kappa shape index (κ1) is 25.8.